The van der Waals surface area contributed by atoms with E-state index in [0.717, 1.165) is 37.6 Å². The molecule has 0 saturated carbocycles. The molecule has 124 valence electrons. The second-order valence-corrected chi connectivity index (χ2v) is 6.00. The van der Waals surface area contributed by atoms with E-state index in [4.69, 9.17) is 0 Å². The molecule has 1 fully saturated rings. The second-order valence-electron chi connectivity index (χ2n) is 6.00. The van der Waals surface area contributed by atoms with Gasteiger partial charge in [0.15, 0.2) is 5.69 Å². The van der Waals surface area contributed by atoms with Crippen LogP contribution in [0.25, 0.3) is 0 Å². The van der Waals surface area contributed by atoms with E-state index < -0.39 is 11.9 Å². The molecule has 0 spiro atoms. The quantitative estimate of drug-likeness (QED) is 0.935. The van der Waals surface area contributed by atoms with Crippen LogP contribution in [-0.2, 0) is 6.18 Å². The minimum atomic E-state index is -4.40. The zero-order valence-corrected chi connectivity index (χ0v) is 12.8. The molecule has 23 heavy (non-hydrogen) atoms. The number of halogens is 3. The molecule has 1 aliphatic rings. The van der Waals surface area contributed by atoms with Crippen molar-refractivity contribution in [2.75, 3.05) is 13.1 Å². The topological polar surface area (TPSA) is 44.8 Å². The predicted octanol–water partition coefficient (Wildman–Crippen LogP) is 3.76. The highest BCUT2D eigenvalue weighted by molar-refractivity contribution is 5.18. The van der Waals surface area contributed by atoms with E-state index in [9.17, 15) is 13.2 Å². The summed E-state index contributed by atoms with van der Waals surface area (Å²) < 4.78 is 38.1. The third kappa shape index (κ3) is 3.55. The van der Waals surface area contributed by atoms with Gasteiger partial charge >= 0.3 is 6.18 Å². The van der Waals surface area contributed by atoms with Gasteiger partial charge in [-0.3, -0.25) is 15.0 Å². The number of H-pyrrole nitrogens is 1. The Hall–Kier alpha value is -1.89. The third-order valence-corrected chi connectivity index (χ3v) is 4.50. The fourth-order valence-corrected chi connectivity index (χ4v) is 3.14. The van der Waals surface area contributed by atoms with Gasteiger partial charge in [-0.2, -0.15) is 18.3 Å². The Morgan fingerprint density at radius 1 is 1.39 bits per heavy atom. The van der Waals surface area contributed by atoms with Crippen LogP contribution in [0.5, 0.6) is 0 Å². The summed E-state index contributed by atoms with van der Waals surface area (Å²) in [4.78, 5) is 6.43. The van der Waals surface area contributed by atoms with Gasteiger partial charge in [-0.25, -0.2) is 0 Å². The summed E-state index contributed by atoms with van der Waals surface area (Å²) in [5.74, 6) is 0.0477. The van der Waals surface area contributed by atoms with Crippen LogP contribution >= 0.6 is 0 Å². The summed E-state index contributed by atoms with van der Waals surface area (Å²) >= 11 is 0. The van der Waals surface area contributed by atoms with E-state index in [0.29, 0.717) is 5.69 Å². The number of hydrogen-bond donors (Lipinski definition) is 1. The van der Waals surface area contributed by atoms with E-state index in [1.807, 2.05) is 18.3 Å². The van der Waals surface area contributed by atoms with Gasteiger partial charge in [0.2, 0.25) is 0 Å². The number of nitrogens with one attached hydrogen (secondary N) is 1. The number of aromatic amines is 1. The molecule has 0 aromatic carbocycles. The molecule has 0 bridgehead atoms. The number of hydrogen-bond acceptors (Lipinski definition) is 3. The van der Waals surface area contributed by atoms with Crippen molar-refractivity contribution in [3.8, 4) is 0 Å². The normalized spacial score (nSPS) is 21.3. The number of rotatable bonds is 3. The molecule has 3 rings (SSSR count). The average molecular weight is 324 g/mol. The van der Waals surface area contributed by atoms with Crippen LogP contribution in [0.1, 0.15) is 48.7 Å². The fourth-order valence-electron chi connectivity index (χ4n) is 3.14. The Kier molecular flexibility index (Phi) is 4.39. The maximum Gasteiger partial charge on any atom is 0.435 e. The lowest BCUT2D eigenvalue weighted by Crippen LogP contribution is -2.36. The van der Waals surface area contributed by atoms with Crippen molar-refractivity contribution in [2.24, 2.45) is 0 Å². The first-order chi connectivity index (χ1) is 10.9. The van der Waals surface area contributed by atoms with E-state index in [1.165, 1.54) is 0 Å². The van der Waals surface area contributed by atoms with Crippen LogP contribution in [0.4, 0.5) is 13.2 Å². The second kappa shape index (κ2) is 6.31. The van der Waals surface area contributed by atoms with Gasteiger partial charge in [-0.1, -0.05) is 6.07 Å². The number of nitrogens with zero attached hydrogens (tertiary/aromatic N) is 3. The first kappa shape index (κ1) is 16.0. The third-order valence-electron chi connectivity index (χ3n) is 4.50. The summed E-state index contributed by atoms with van der Waals surface area (Å²) in [6, 6.07) is 5.26. The van der Waals surface area contributed by atoms with Crippen molar-refractivity contribution in [2.45, 2.75) is 37.9 Å². The summed E-state index contributed by atoms with van der Waals surface area (Å²) in [6.45, 7) is 3.76. The Bertz CT molecular complexity index is 638. The Balaban J connectivity index is 1.72. The largest absolute Gasteiger partial charge is 0.435 e. The summed E-state index contributed by atoms with van der Waals surface area (Å²) in [5.41, 5.74) is 0.846. The smallest absolute Gasteiger partial charge is 0.296 e. The van der Waals surface area contributed by atoms with Gasteiger partial charge in [-0.15, -0.1) is 0 Å². The highest BCUT2D eigenvalue weighted by Gasteiger charge is 2.35. The standard InChI is InChI=1S/C16H19F3N4/c1-11(12-4-2-6-20-9-12)23-7-3-5-13(10-23)14-8-15(22-21-14)16(17,18)19/h2,4,6,8-9,11,13H,3,5,7,10H2,1H3,(H,21,22)/t11-,13-/m0/s1. The van der Waals surface area contributed by atoms with Gasteiger partial charge in [0, 0.05) is 36.6 Å². The van der Waals surface area contributed by atoms with Crippen LogP contribution in [0.3, 0.4) is 0 Å². The zero-order valence-electron chi connectivity index (χ0n) is 12.8. The SMILES string of the molecule is C[C@@H](c1cccnc1)N1CCC[C@H](c2cc(C(F)(F)F)n[nH]2)C1. The number of likely N-dealkylation sites (tertiary alicyclic amines) is 1. The lowest BCUT2D eigenvalue weighted by molar-refractivity contribution is -0.141. The molecule has 0 aliphatic carbocycles. The van der Waals surface area contributed by atoms with Crippen LogP contribution in [0.15, 0.2) is 30.6 Å². The first-order valence-corrected chi connectivity index (χ1v) is 7.71. The van der Waals surface area contributed by atoms with Crippen LogP contribution < -0.4 is 0 Å². The van der Waals surface area contributed by atoms with E-state index in [2.05, 4.69) is 27.0 Å². The van der Waals surface area contributed by atoms with Gasteiger partial charge in [0.25, 0.3) is 0 Å². The molecule has 1 N–H and O–H groups in total. The van der Waals surface area contributed by atoms with E-state index in [1.54, 1.807) is 6.20 Å². The monoisotopic (exact) mass is 324 g/mol. The lowest BCUT2D eigenvalue weighted by atomic mass is 9.93. The molecule has 1 saturated heterocycles. The number of aromatic nitrogens is 3. The minimum Gasteiger partial charge on any atom is -0.296 e. The van der Waals surface area contributed by atoms with Gasteiger partial charge < -0.3 is 0 Å². The molecular weight excluding hydrogens is 305 g/mol. The van der Waals surface area contributed by atoms with Crippen molar-refractivity contribution in [1.29, 1.82) is 0 Å². The maximum absolute atomic E-state index is 12.7. The molecular formula is C16H19F3N4. The minimum absolute atomic E-state index is 0.0477. The predicted molar refractivity (Wildman–Crippen MR) is 79.8 cm³/mol. The molecule has 2 atom stereocenters. The van der Waals surface area contributed by atoms with Crippen molar-refractivity contribution in [3.05, 3.63) is 47.5 Å². The van der Waals surface area contributed by atoms with Gasteiger partial charge in [0.1, 0.15) is 0 Å². The lowest BCUT2D eigenvalue weighted by Gasteiger charge is -2.36. The molecule has 0 unspecified atom stereocenters. The van der Waals surface area contributed by atoms with Gasteiger partial charge in [-0.05, 0) is 44.0 Å². The van der Waals surface area contributed by atoms with Crippen LogP contribution in [0, 0.1) is 0 Å². The van der Waals surface area contributed by atoms with E-state index in [-0.39, 0.29) is 12.0 Å². The first-order valence-electron chi connectivity index (χ1n) is 7.71. The highest BCUT2D eigenvalue weighted by Crippen LogP contribution is 2.34. The van der Waals surface area contributed by atoms with E-state index >= 15 is 0 Å². The molecule has 3 heterocycles. The Morgan fingerprint density at radius 3 is 2.87 bits per heavy atom. The molecule has 0 radical (unpaired) electrons. The molecule has 0 amide bonds. The molecule has 7 heteroatoms. The Labute approximate surface area is 132 Å². The maximum atomic E-state index is 12.7. The number of piperidine rings is 1. The molecule has 2 aromatic rings. The molecule has 2 aromatic heterocycles. The molecule has 1 aliphatic heterocycles. The number of alkyl halides is 3. The van der Waals surface area contributed by atoms with Crippen molar-refractivity contribution in [1.82, 2.24) is 20.1 Å². The number of pyridine rings is 1. The van der Waals surface area contributed by atoms with Crippen molar-refractivity contribution in [3.63, 3.8) is 0 Å². The van der Waals surface area contributed by atoms with Gasteiger partial charge in [0.05, 0.1) is 0 Å². The summed E-state index contributed by atoms with van der Waals surface area (Å²) in [7, 11) is 0. The average Bonchev–Trinajstić information content (AvgIpc) is 3.05. The summed E-state index contributed by atoms with van der Waals surface area (Å²) in [5, 5.41) is 5.98. The molecule has 4 nitrogen and oxygen atoms in total. The van der Waals surface area contributed by atoms with Crippen molar-refractivity contribution < 1.29 is 13.2 Å². The van der Waals surface area contributed by atoms with Crippen LogP contribution in [0.2, 0.25) is 0 Å². The van der Waals surface area contributed by atoms with Crippen molar-refractivity contribution >= 4 is 0 Å². The van der Waals surface area contributed by atoms with Crippen LogP contribution in [-0.4, -0.2) is 33.2 Å². The Morgan fingerprint density at radius 2 is 2.22 bits per heavy atom. The highest BCUT2D eigenvalue weighted by atomic mass is 19.4. The zero-order chi connectivity index (χ0) is 16.4. The fraction of sp³-hybridized carbons (Fsp3) is 0.500. The summed E-state index contributed by atoms with van der Waals surface area (Å²) in [6.07, 6.45) is 1.00.